The van der Waals surface area contributed by atoms with E-state index < -0.39 is 39.2 Å². The Labute approximate surface area is 669 Å². The average Bonchev–Trinajstić information content (AvgIpc) is 0.647. The molecule has 111 heavy (non-hydrogen) atoms. The maximum atomic E-state index is 10.6. The lowest BCUT2D eigenvalue weighted by Crippen LogP contribution is -2.65. The van der Waals surface area contributed by atoms with E-state index in [9.17, 15) is 61.3 Å². The lowest BCUT2D eigenvalue weighted by atomic mass is 9.42. The molecule has 0 unspecified atom stereocenters. The van der Waals surface area contributed by atoms with E-state index in [2.05, 4.69) is 27.7 Å². The van der Waals surface area contributed by atoms with Gasteiger partial charge in [-0.25, -0.2) is 0 Å². The predicted octanol–water partition coefficient (Wildman–Crippen LogP) is 16.4. The molecule has 630 valence electrons. The third-order valence-corrected chi connectivity index (χ3v) is 39.9. The molecule has 0 aromatic heterocycles. The summed E-state index contributed by atoms with van der Waals surface area (Å²) in [5.74, 6) is 20.3. The maximum Gasteiger partial charge on any atom is 0.0705 e. The van der Waals surface area contributed by atoms with Crippen LogP contribution in [0.4, 0.5) is 0 Å². The highest BCUT2D eigenvalue weighted by molar-refractivity contribution is 5.19. The van der Waals surface area contributed by atoms with E-state index in [1.807, 2.05) is 0 Å². The first-order chi connectivity index (χ1) is 52.3. The normalized spacial score (nSPS) is 60.5. The van der Waals surface area contributed by atoms with Gasteiger partial charge in [-0.15, -0.1) is 0 Å². The molecule has 0 aromatic rings. The first-order valence-corrected chi connectivity index (χ1v) is 48.4. The second kappa shape index (κ2) is 28.3. The van der Waals surface area contributed by atoms with Crippen LogP contribution in [0.5, 0.6) is 0 Å². The highest BCUT2D eigenvalue weighted by Crippen LogP contribution is 2.70. The lowest BCUT2D eigenvalue weighted by molar-refractivity contribution is -0.253. The summed E-state index contributed by atoms with van der Waals surface area (Å²) in [6, 6.07) is 0. The second-order valence-electron chi connectivity index (χ2n) is 50.9. The van der Waals surface area contributed by atoms with E-state index in [1.165, 1.54) is 205 Å². The molecule has 36 rings (SSSR count). The van der Waals surface area contributed by atoms with E-state index in [1.54, 1.807) is 0 Å². The third kappa shape index (κ3) is 16.0. The van der Waals surface area contributed by atoms with Crippen LogP contribution in [0.15, 0.2) is 0 Å². The monoisotopic (exact) mass is 1550 g/mol. The summed E-state index contributed by atoms with van der Waals surface area (Å²) in [7, 11) is 0. The Morgan fingerprint density at radius 1 is 0.243 bits per heavy atom. The number of aliphatic hydroxyl groups is 13. The van der Waals surface area contributed by atoms with Gasteiger partial charge in [-0.05, 0) is 479 Å². The van der Waals surface area contributed by atoms with Crippen molar-refractivity contribution < 1.29 is 66.4 Å². The van der Waals surface area contributed by atoms with E-state index in [0.717, 1.165) is 192 Å². The van der Waals surface area contributed by atoms with Crippen molar-refractivity contribution in [3.63, 3.8) is 0 Å². The summed E-state index contributed by atoms with van der Waals surface area (Å²) in [5.41, 5.74) is -3.81. The van der Waals surface area contributed by atoms with Gasteiger partial charge in [0.2, 0.25) is 0 Å². The molecule has 13 N–H and O–H groups in total. The van der Waals surface area contributed by atoms with Crippen LogP contribution >= 0.6 is 0 Å². The molecule has 0 radical (unpaired) electrons. The van der Waals surface area contributed by atoms with Gasteiger partial charge in [0.25, 0.3) is 0 Å². The fourth-order valence-electron chi connectivity index (χ4n) is 40.0. The highest BCUT2D eigenvalue weighted by atomic mass is 16.3. The molecule has 0 aliphatic heterocycles. The van der Waals surface area contributed by atoms with Crippen molar-refractivity contribution >= 4 is 0 Å². The topological polar surface area (TPSA) is 263 Å². The van der Waals surface area contributed by atoms with Gasteiger partial charge < -0.3 is 66.4 Å². The van der Waals surface area contributed by atoms with Gasteiger partial charge in [0, 0.05) is 45.3 Å². The van der Waals surface area contributed by atoms with Crippen molar-refractivity contribution in [1.82, 2.24) is 0 Å². The molecule has 36 aliphatic rings. The fraction of sp³-hybridized carbons (Fsp3) is 1.00. The zero-order valence-corrected chi connectivity index (χ0v) is 70.1. The third-order valence-electron chi connectivity index (χ3n) is 39.9. The zero-order chi connectivity index (χ0) is 77.3. The summed E-state index contributed by atoms with van der Waals surface area (Å²) in [4.78, 5) is 0. The molecule has 36 saturated carbocycles. The van der Waals surface area contributed by atoms with Crippen LogP contribution in [0.1, 0.15) is 368 Å². The molecule has 0 saturated heterocycles. The van der Waals surface area contributed by atoms with Gasteiger partial charge >= 0.3 is 0 Å². The molecule has 36 bridgehead atoms. The molecule has 0 heterocycles. The average molecular weight is 1550 g/mol. The summed E-state index contributed by atoms with van der Waals surface area (Å²) in [6.45, 7) is 9.61. The van der Waals surface area contributed by atoms with Crippen LogP contribution < -0.4 is 0 Å². The highest BCUT2D eigenvalue weighted by Gasteiger charge is 2.67. The largest absolute Gasteiger partial charge is 0.396 e. The fourth-order valence-corrected chi connectivity index (χ4v) is 40.0. The lowest BCUT2D eigenvalue weighted by Gasteiger charge is -2.66. The Bertz CT molecular complexity index is 2960. The first kappa shape index (κ1) is 80.2. The molecule has 0 spiro atoms. The molecule has 0 atom stereocenters. The van der Waals surface area contributed by atoms with E-state index >= 15 is 0 Å². The standard InChI is InChI=1S/C12H20O2.2C12H20O.2C11H18O.C10H16O3.C10H16O2.2C10H16O/c1-9-3-10(2)6-11(13,4-9)8-12(14,5-9)7-10;13-2-1-12-6-9-3-10(7-12)5-11(4-9)8-12;1-2-12(13)10-4-8-3-9(6-10)7-11(12)5-8;12-7-11-4-8-1-9(5-11)3-10(2-8)6-11;1-11(12)9-3-7-2-8(5-9)6-10(11)4-7;11-8-1-7-2-9(12,4-8)6-10(13,3-7)5-8;11-9-2-7-1-8(4-9)5-10(12,3-7)6-9;11-10-4-7-1-8(5-10)3-9(2-7)6-10;11-10-8-2-6-1-7(4-8)5-9(10)3-6/h13-14H,3-8H2,1-2H3;9-11,13H,1-8H2;8-11,13H,2-7H2,1H3;8-10,12H,1-7H2;7-10,12H,2-6H2,1H3;7,11-13H,1-6H2;7-8,11-12H,1-6H2;7-9,11H,1-6H2;6-11H,1-5H2. The smallest absolute Gasteiger partial charge is 0.0705 e. The SMILES string of the molecule is CC1(O)C2CC3CC(C2)CC1C3.CC12CC3(C)CC(O)(C1)CC(O)(C2)C3.CCC1(O)C2CC3CC(C2)CC1C3.OC12CC3CC(C1)CC(O)(C3)C2.OC12CC3CC(CC(C3)C1)C2.OC12CC3CC(O)(C1)CC(O)(C3)C2.OC1C2CC3CC(C2)CC1C3.OCC12CC3CC(CC(C3)C1)C2.OCCC12CC3CC(CC(C3)C1)C2. The van der Waals surface area contributed by atoms with Gasteiger partial charge in [0.05, 0.1) is 62.1 Å². The van der Waals surface area contributed by atoms with Gasteiger partial charge in [0.1, 0.15) is 0 Å². The minimum Gasteiger partial charge on any atom is -0.396 e. The Kier molecular flexibility index (Phi) is 20.4. The number of rotatable bonds is 4. The predicted molar refractivity (Wildman–Crippen MR) is 431 cm³/mol. The number of hydrogen-bond donors (Lipinski definition) is 13. The first-order valence-electron chi connectivity index (χ1n) is 48.4. The van der Waals surface area contributed by atoms with Crippen molar-refractivity contribution in [2.45, 2.75) is 430 Å². The minimum atomic E-state index is -0.775. The molecule has 0 aromatic carbocycles. The van der Waals surface area contributed by atoms with Gasteiger partial charge in [-0.2, -0.15) is 0 Å². The van der Waals surface area contributed by atoms with Crippen LogP contribution in [-0.2, 0) is 0 Å². The molecule has 0 amide bonds. The molecule has 13 nitrogen and oxygen atoms in total. The van der Waals surface area contributed by atoms with Gasteiger partial charge in [-0.1, -0.05) is 20.8 Å². The van der Waals surface area contributed by atoms with Crippen LogP contribution in [0, 0.1) is 164 Å². The van der Waals surface area contributed by atoms with Crippen LogP contribution in [0.3, 0.4) is 0 Å². The van der Waals surface area contributed by atoms with Crippen LogP contribution in [0.25, 0.3) is 0 Å². The Morgan fingerprint density at radius 2 is 0.505 bits per heavy atom. The number of aliphatic hydroxyl groups excluding tert-OH is 3. The van der Waals surface area contributed by atoms with E-state index in [-0.39, 0.29) is 33.7 Å². The quantitative estimate of drug-likeness (QED) is 0.125. The summed E-state index contributed by atoms with van der Waals surface area (Å²) in [5, 5.41) is 131. The summed E-state index contributed by atoms with van der Waals surface area (Å²) in [6.07, 6.45) is 62.5. The Balaban J connectivity index is 0.0000000844. The van der Waals surface area contributed by atoms with Gasteiger partial charge in [0.15, 0.2) is 0 Å². The second-order valence-corrected chi connectivity index (χ2v) is 50.9. The van der Waals surface area contributed by atoms with Crippen LogP contribution in [-0.4, -0.2) is 142 Å². The molecule has 36 fully saturated rings. The van der Waals surface area contributed by atoms with Gasteiger partial charge in [-0.3, -0.25) is 0 Å². The maximum absolute atomic E-state index is 10.6. The summed E-state index contributed by atoms with van der Waals surface area (Å²) < 4.78 is 0. The number of hydrogen-bond acceptors (Lipinski definition) is 13. The van der Waals surface area contributed by atoms with Crippen molar-refractivity contribution in [3.05, 3.63) is 0 Å². The van der Waals surface area contributed by atoms with E-state index in [0.29, 0.717) is 109 Å². The minimum absolute atomic E-state index is 0.0859. The zero-order valence-electron chi connectivity index (χ0n) is 70.1. The van der Waals surface area contributed by atoms with Crippen molar-refractivity contribution in [3.8, 4) is 0 Å². The Morgan fingerprint density at radius 3 is 0.793 bits per heavy atom. The van der Waals surface area contributed by atoms with E-state index in [4.69, 9.17) is 5.11 Å². The summed E-state index contributed by atoms with van der Waals surface area (Å²) >= 11 is 0. The molecule has 36 aliphatic carbocycles. The van der Waals surface area contributed by atoms with Crippen LogP contribution in [0.2, 0.25) is 0 Å². The van der Waals surface area contributed by atoms with Crippen molar-refractivity contribution in [2.24, 2.45) is 164 Å². The Hall–Kier alpha value is -0.520. The van der Waals surface area contributed by atoms with Crippen molar-refractivity contribution in [1.29, 1.82) is 0 Å². The van der Waals surface area contributed by atoms with Crippen molar-refractivity contribution in [2.75, 3.05) is 13.2 Å². The molecule has 13 heteroatoms. The molecular weight excluding hydrogens is 1390 g/mol. The molecular formula is C98H160O13.